The van der Waals surface area contributed by atoms with E-state index in [4.69, 9.17) is 0 Å². The number of sulfone groups is 1. The molecule has 1 aromatic carbocycles. The van der Waals surface area contributed by atoms with E-state index in [2.05, 4.69) is 5.32 Å². The zero-order valence-corrected chi connectivity index (χ0v) is 10.6. The number of nitrogens with zero attached hydrogens (tertiary/aromatic N) is 1. The predicted molar refractivity (Wildman–Crippen MR) is 66.6 cm³/mol. The number of benzene rings is 1. The first-order valence-corrected chi connectivity index (χ1v) is 7.17. The lowest BCUT2D eigenvalue weighted by molar-refractivity contribution is -0.387. The molecular weight excluding hydrogens is 275 g/mol. The third-order valence-electron chi connectivity index (χ3n) is 2.74. The Hall–Kier alpha value is -1.80. The first-order chi connectivity index (χ1) is 8.89. The highest BCUT2D eigenvalue weighted by Crippen LogP contribution is 2.20. The Morgan fingerprint density at radius 1 is 1.47 bits per heavy atom. The smallest absolute Gasteiger partial charge is 0.305 e. The van der Waals surface area contributed by atoms with Crippen LogP contribution in [0.3, 0.4) is 0 Å². The molecule has 0 saturated carbocycles. The van der Waals surface area contributed by atoms with Gasteiger partial charge in [0.1, 0.15) is 0 Å². The lowest BCUT2D eigenvalue weighted by Crippen LogP contribution is -2.29. The highest BCUT2D eigenvalue weighted by Gasteiger charge is 2.22. The maximum atomic E-state index is 13.7. The van der Waals surface area contributed by atoms with E-state index in [9.17, 15) is 22.9 Å². The Morgan fingerprint density at radius 3 is 2.79 bits per heavy atom. The standard InChI is InChI=1S/C11H11FN2O4S/c12-11-8(2-1-3-10(11)14(15)16)6-13-9-4-5-19(17,18)7-9/h1-5,9,13H,6-7H2. The summed E-state index contributed by atoms with van der Waals surface area (Å²) in [4.78, 5) is 9.78. The van der Waals surface area contributed by atoms with E-state index < -0.39 is 32.3 Å². The van der Waals surface area contributed by atoms with Crippen LogP contribution in [0.2, 0.25) is 0 Å². The summed E-state index contributed by atoms with van der Waals surface area (Å²) in [5, 5.41) is 14.5. The van der Waals surface area contributed by atoms with Gasteiger partial charge in [0.05, 0.1) is 10.7 Å². The molecule has 0 saturated heterocycles. The second-order valence-electron chi connectivity index (χ2n) is 4.15. The summed E-state index contributed by atoms with van der Waals surface area (Å²) in [7, 11) is -3.18. The Labute approximate surface area is 109 Å². The third-order valence-corrected chi connectivity index (χ3v) is 4.14. The van der Waals surface area contributed by atoms with Crippen molar-refractivity contribution in [1.82, 2.24) is 5.32 Å². The van der Waals surface area contributed by atoms with Gasteiger partial charge in [0.2, 0.25) is 5.82 Å². The average molecular weight is 286 g/mol. The second-order valence-corrected chi connectivity index (χ2v) is 6.08. The zero-order chi connectivity index (χ0) is 14.0. The van der Waals surface area contributed by atoms with E-state index in [0.717, 1.165) is 11.5 Å². The minimum atomic E-state index is -3.18. The summed E-state index contributed by atoms with van der Waals surface area (Å²) in [6.45, 7) is 0.0258. The van der Waals surface area contributed by atoms with Gasteiger partial charge in [0.25, 0.3) is 0 Å². The number of nitrogens with one attached hydrogen (secondary N) is 1. The van der Waals surface area contributed by atoms with E-state index in [1.165, 1.54) is 18.2 Å². The van der Waals surface area contributed by atoms with Gasteiger partial charge in [0.15, 0.2) is 9.84 Å². The van der Waals surface area contributed by atoms with Crippen LogP contribution in [0.15, 0.2) is 29.7 Å². The molecular formula is C11H11FN2O4S. The first-order valence-electron chi connectivity index (χ1n) is 5.45. The number of halogens is 1. The molecule has 0 radical (unpaired) electrons. The van der Waals surface area contributed by atoms with E-state index in [1.54, 1.807) is 0 Å². The summed E-state index contributed by atoms with van der Waals surface area (Å²) in [6.07, 6.45) is 1.48. The molecule has 2 rings (SSSR count). The van der Waals surface area contributed by atoms with Gasteiger partial charge >= 0.3 is 5.69 Å². The number of hydrogen-bond donors (Lipinski definition) is 1. The highest BCUT2D eigenvalue weighted by molar-refractivity contribution is 7.94. The molecule has 0 aromatic heterocycles. The monoisotopic (exact) mass is 286 g/mol. The molecule has 102 valence electrons. The van der Waals surface area contributed by atoms with Crippen LogP contribution in [0, 0.1) is 15.9 Å². The maximum Gasteiger partial charge on any atom is 0.305 e. The Bertz CT molecular complexity index is 642. The zero-order valence-electron chi connectivity index (χ0n) is 9.74. The van der Waals surface area contributed by atoms with Crippen molar-refractivity contribution < 1.29 is 17.7 Å². The van der Waals surface area contributed by atoms with Crippen LogP contribution < -0.4 is 5.32 Å². The van der Waals surface area contributed by atoms with Crippen LogP contribution in [0.1, 0.15) is 5.56 Å². The molecule has 0 aliphatic carbocycles. The summed E-state index contributed by atoms with van der Waals surface area (Å²) >= 11 is 0. The van der Waals surface area contributed by atoms with Gasteiger partial charge in [0, 0.05) is 29.6 Å². The lowest BCUT2D eigenvalue weighted by atomic mass is 10.1. The number of rotatable bonds is 4. The van der Waals surface area contributed by atoms with Gasteiger partial charge in [-0.1, -0.05) is 18.2 Å². The summed E-state index contributed by atoms with van der Waals surface area (Å²) in [5.41, 5.74) is -0.458. The predicted octanol–water partition coefficient (Wildman–Crippen LogP) is 1.13. The van der Waals surface area contributed by atoms with Gasteiger partial charge in [-0.25, -0.2) is 8.42 Å². The topological polar surface area (TPSA) is 89.3 Å². The summed E-state index contributed by atoms with van der Waals surface area (Å²) in [6, 6.07) is 3.49. The second kappa shape index (κ2) is 5.06. The van der Waals surface area contributed by atoms with E-state index in [0.29, 0.717) is 0 Å². The van der Waals surface area contributed by atoms with Gasteiger partial charge in [-0.3, -0.25) is 10.1 Å². The van der Waals surface area contributed by atoms with E-state index in [-0.39, 0.29) is 17.9 Å². The fourth-order valence-electron chi connectivity index (χ4n) is 1.79. The van der Waals surface area contributed by atoms with E-state index in [1.807, 2.05) is 0 Å². The fourth-order valence-corrected chi connectivity index (χ4v) is 3.06. The minimum Gasteiger partial charge on any atom is -0.305 e. The van der Waals surface area contributed by atoms with Crippen molar-refractivity contribution in [3.8, 4) is 0 Å². The number of nitro groups is 1. The van der Waals surface area contributed by atoms with Gasteiger partial charge in [-0.2, -0.15) is 4.39 Å². The van der Waals surface area contributed by atoms with Crippen molar-refractivity contribution in [1.29, 1.82) is 0 Å². The molecule has 8 heteroatoms. The highest BCUT2D eigenvalue weighted by atomic mass is 32.2. The third kappa shape index (κ3) is 3.15. The Kier molecular flexibility index (Phi) is 3.63. The minimum absolute atomic E-state index is 0.0258. The molecule has 19 heavy (non-hydrogen) atoms. The van der Waals surface area contributed by atoms with Crippen LogP contribution in [-0.2, 0) is 16.4 Å². The van der Waals surface area contributed by atoms with Crippen LogP contribution in [0.25, 0.3) is 0 Å². The summed E-state index contributed by atoms with van der Waals surface area (Å²) in [5.74, 6) is -0.978. The molecule has 1 unspecified atom stereocenters. The average Bonchev–Trinajstić information content (AvgIpc) is 2.67. The van der Waals surface area contributed by atoms with Crippen molar-refractivity contribution in [2.45, 2.75) is 12.6 Å². The number of nitro benzene ring substituents is 1. The van der Waals surface area contributed by atoms with Crippen LogP contribution in [0.5, 0.6) is 0 Å². The van der Waals surface area contributed by atoms with Gasteiger partial charge in [-0.05, 0) is 0 Å². The van der Waals surface area contributed by atoms with Crippen LogP contribution in [-0.4, -0.2) is 25.1 Å². The SMILES string of the molecule is O=[N+]([O-])c1cccc(CNC2C=CS(=O)(=O)C2)c1F. The molecule has 1 aliphatic rings. The Morgan fingerprint density at radius 2 is 2.21 bits per heavy atom. The number of hydrogen-bond acceptors (Lipinski definition) is 5. The fraction of sp³-hybridized carbons (Fsp3) is 0.273. The molecule has 1 N–H and O–H groups in total. The molecule has 1 aromatic rings. The molecule has 1 atom stereocenters. The molecule has 1 aliphatic heterocycles. The molecule has 0 amide bonds. The van der Waals surface area contributed by atoms with Crippen molar-refractivity contribution in [2.24, 2.45) is 0 Å². The first kappa shape index (κ1) is 13.6. The summed E-state index contributed by atoms with van der Waals surface area (Å²) < 4.78 is 36.1. The normalized spacial score (nSPS) is 20.6. The molecule has 1 heterocycles. The van der Waals surface area contributed by atoms with E-state index >= 15 is 0 Å². The van der Waals surface area contributed by atoms with Crippen molar-refractivity contribution >= 4 is 15.5 Å². The van der Waals surface area contributed by atoms with Gasteiger partial charge < -0.3 is 5.32 Å². The maximum absolute atomic E-state index is 13.7. The van der Waals surface area contributed by atoms with Gasteiger partial charge in [-0.15, -0.1) is 0 Å². The molecule has 0 spiro atoms. The van der Waals surface area contributed by atoms with Crippen molar-refractivity contribution in [3.63, 3.8) is 0 Å². The van der Waals surface area contributed by atoms with Crippen molar-refractivity contribution in [2.75, 3.05) is 5.75 Å². The van der Waals surface area contributed by atoms with Crippen LogP contribution >= 0.6 is 0 Å². The Balaban J connectivity index is 2.07. The molecule has 0 fully saturated rings. The van der Waals surface area contributed by atoms with Crippen LogP contribution in [0.4, 0.5) is 10.1 Å². The van der Waals surface area contributed by atoms with Crippen molar-refractivity contribution in [3.05, 3.63) is 51.2 Å². The molecule has 0 bridgehead atoms. The quantitative estimate of drug-likeness (QED) is 0.662. The lowest BCUT2D eigenvalue weighted by Gasteiger charge is -2.10. The molecule has 6 nitrogen and oxygen atoms in total. The largest absolute Gasteiger partial charge is 0.305 e.